The average molecular weight is 346 g/mol. The molecule has 1 aliphatic heterocycles. The summed E-state index contributed by atoms with van der Waals surface area (Å²) in [6, 6.07) is 4.68. The van der Waals surface area contributed by atoms with Crippen LogP contribution in [0.25, 0.3) is 0 Å². The highest BCUT2D eigenvalue weighted by Crippen LogP contribution is 2.30. The van der Waals surface area contributed by atoms with Gasteiger partial charge in [-0.1, -0.05) is 12.8 Å². The van der Waals surface area contributed by atoms with Gasteiger partial charge in [0.1, 0.15) is 0 Å². The van der Waals surface area contributed by atoms with Gasteiger partial charge in [0.25, 0.3) is 5.91 Å². The number of nitrogens with one attached hydrogen (secondary N) is 1. The number of aryl methyl sites for hydroxylation is 1. The molecule has 0 radical (unpaired) electrons. The lowest BCUT2D eigenvalue weighted by molar-refractivity contribution is 0.0891. The third-order valence-electron chi connectivity index (χ3n) is 5.68. The van der Waals surface area contributed by atoms with Gasteiger partial charge in [0.15, 0.2) is 11.5 Å². The second-order valence-electron chi connectivity index (χ2n) is 7.24. The SMILES string of the molecule is COc1cc(C)c(C(=O)NC2CCN(C3CCCC3)CC2)cc1OC. The van der Waals surface area contributed by atoms with Gasteiger partial charge >= 0.3 is 0 Å². The van der Waals surface area contributed by atoms with Crippen LogP contribution in [0.1, 0.15) is 54.4 Å². The minimum atomic E-state index is -0.0160. The lowest BCUT2D eigenvalue weighted by Crippen LogP contribution is -2.47. The molecule has 1 saturated heterocycles. The Morgan fingerprint density at radius 3 is 2.24 bits per heavy atom. The van der Waals surface area contributed by atoms with Crippen LogP contribution in [-0.4, -0.2) is 50.2 Å². The van der Waals surface area contributed by atoms with E-state index in [-0.39, 0.29) is 11.9 Å². The fraction of sp³-hybridized carbons (Fsp3) is 0.650. The smallest absolute Gasteiger partial charge is 0.251 e. The van der Waals surface area contributed by atoms with Gasteiger partial charge < -0.3 is 19.7 Å². The molecule has 1 saturated carbocycles. The minimum absolute atomic E-state index is 0.0160. The van der Waals surface area contributed by atoms with Crippen LogP contribution < -0.4 is 14.8 Å². The van der Waals surface area contributed by atoms with E-state index in [9.17, 15) is 4.79 Å². The van der Waals surface area contributed by atoms with Crippen LogP contribution in [0.15, 0.2) is 12.1 Å². The van der Waals surface area contributed by atoms with Crippen molar-refractivity contribution in [2.75, 3.05) is 27.3 Å². The standard InChI is InChI=1S/C20H30N2O3/c1-14-12-18(24-2)19(25-3)13-17(14)20(23)21-15-8-10-22(11-9-15)16-6-4-5-7-16/h12-13,15-16H,4-11H2,1-3H3,(H,21,23). The van der Waals surface area contributed by atoms with Crippen LogP contribution in [0.3, 0.4) is 0 Å². The second kappa shape index (κ2) is 8.09. The minimum Gasteiger partial charge on any atom is -0.493 e. The van der Waals surface area contributed by atoms with Gasteiger partial charge in [-0.3, -0.25) is 4.79 Å². The van der Waals surface area contributed by atoms with Crippen LogP contribution in [-0.2, 0) is 0 Å². The van der Waals surface area contributed by atoms with Crippen LogP contribution in [0.2, 0.25) is 0 Å². The normalized spacial score (nSPS) is 19.8. The quantitative estimate of drug-likeness (QED) is 0.890. The van der Waals surface area contributed by atoms with Gasteiger partial charge in [0.05, 0.1) is 14.2 Å². The average Bonchev–Trinajstić information content (AvgIpc) is 3.16. The molecule has 138 valence electrons. The molecule has 25 heavy (non-hydrogen) atoms. The predicted molar refractivity (Wildman–Crippen MR) is 98.6 cm³/mol. The lowest BCUT2D eigenvalue weighted by atomic mass is 10.0. The Morgan fingerprint density at radius 2 is 1.64 bits per heavy atom. The summed E-state index contributed by atoms with van der Waals surface area (Å²) >= 11 is 0. The van der Waals surface area contributed by atoms with Crippen molar-refractivity contribution in [2.24, 2.45) is 0 Å². The molecule has 1 heterocycles. The number of amides is 1. The fourth-order valence-electron chi connectivity index (χ4n) is 4.17. The maximum Gasteiger partial charge on any atom is 0.251 e. The number of nitrogens with zero attached hydrogens (tertiary/aromatic N) is 1. The molecule has 0 atom stereocenters. The van der Waals surface area contributed by atoms with E-state index in [1.807, 2.05) is 13.0 Å². The molecule has 1 aliphatic carbocycles. The Balaban J connectivity index is 1.59. The number of hydrogen-bond donors (Lipinski definition) is 1. The molecule has 0 aromatic heterocycles. The zero-order valence-corrected chi connectivity index (χ0v) is 15.6. The first-order valence-electron chi connectivity index (χ1n) is 9.40. The van der Waals surface area contributed by atoms with E-state index in [0.717, 1.165) is 37.5 Å². The Hall–Kier alpha value is -1.75. The van der Waals surface area contributed by atoms with E-state index in [2.05, 4.69) is 10.2 Å². The predicted octanol–water partition coefficient (Wildman–Crippen LogP) is 3.15. The Bertz CT molecular complexity index is 603. The van der Waals surface area contributed by atoms with Crippen LogP contribution in [0.5, 0.6) is 11.5 Å². The zero-order valence-electron chi connectivity index (χ0n) is 15.6. The Labute approximate surface area is 150 Å². The summed E-state index contributed by atoms with van der Waals surface area (Å²) in [5, 5.41) is 3.21. The fourth-order valence-corrected chi connectivity index (χ4v) is 4.17. The molecule has 0 unspecified atom stereocenters. The van der Waals surface area contributed by atoms with E-state index in [1.54, 1.807) is 20.3 Å². The first kappa shape index (κ1) is 18.1. The van der Waals surface area contributed by atoms with Crippen molar-refractivity contribution in [3.63, 3.8) is 0 Å². The van der Waals surface area contributed by atoms with E-state index in [1.165, 1.54) is 25.7 Å². The zero-order chi connectivity index (χ0) is 17.8. The summed E-state index contributed by atoms with van der Waals surface area (Å²) < 4.78 is 10.6. The summed E-state index contributed by atoms with van der Waals surface area (Å²) in [7, 11) is 3.20. The molecule has 5 nitrogen and oxygen atoms in total. The lowest BCUT2D eigenvalue weighted by Gasteiger charge is -2.36. The van der Waals surface area contributed by atoms with Crippen molar-refractivity contribution < 1.29 is 14.3 Å². The number of piperidine rings is 1. The Kier molecular flexibility index (Phi) is 5.84. The number of carbonyl (C=O) groups excluding carboxylic acids is 1. The Morgan fingerprint density at radius 1 is 1.04 bits per heavy atom. The van der Waals surface area contributed by atoms with Crippen molar-refractivity contribution in [3.8, 4) is 11.5 Å². The molecule has 1 amide bonds. The third-order valence-corrected chi connectivity index (χ3v) is 5.68. The van der Waals surface area contributed by atoms with Gasteiger partial charge in [-0.25, -0.2) is 0 Å². The first-order valence-corrected chi connectivity index (χ1v) is 9.40. The molecule has 1 aromatic rings. The van der Waals surface area contributed by atoms with Crippen molar-refractivity contribution in [3.05, 3.63) is 23.3 Å². The van der Waals surface area contributed by atoms with Gasteiger partial charge in [-0.05, 0) is 50.3 Å². The van der Waals surface area contributed by atoms with Crippen LogP contribution in [0, 0.1) is 6.92 Å². The first-order chi connectivity index (χ1) is 12.1. The van der Waals surface area contributed by atoms with E-state index < -0.39 is 0 Å². The van der Waals surface area contributed by atoms with Crippen molar-refractivity contribution in [1.29, 1.82) is 0 Å². The van der Waals surface area contributed by atoms with Crippen molar-refractivity contribution in [2.45, 2.75) is 57.5 Å². The molecule has 2 aliphatic rings. The maximum absolute atomic E-state index is 12.7. The van der Waals surface area contributed by atoms with Crippen molar-refractivity contribution in [1.82, 2.24) is 10.2 Å². The number of carbonyl (C=O) groups is 1. The van der Waals surface area contributed by atoms with Gasteiger partial charge in [0, 0.05) is 30.7 Å². The number of benzene rings is 1. The molecular weight excluding hydrogens is 316 g/mol. The summed E-state index contributed by atoms with van der Waals surface area (Å²) in [6.07, 6.45) is 7.52. The molecule has 3 rings (SSSR count). The summed E-state index contributed by atoms with van der Waals surface area (Å²) in [5.74, 6) is 1.23. The van der Waals surface area contributed by atoms with Gasteiger partial charge in [0.2, 0.25) is 0 Å². The van der Waals surface area contributed by atoms with Gasteiger partial charge in [-0.15, -0.1) is 0 Å². The van der Waals surface area contributed by atoms with E-state index in [0.29, 0.717) is 17.1 Å². The monoisotopic (exact) mass is 346 g/mol. The highest BCUT2D eigenvalue weighted by molar-refractivity contribution is 5.96. The molecular formula is C20H30N2O3. The highest BCUT2D eigenvalue weighted by atomic mass is 16.5. The number of ether oxygens (including phenoxy) is 2. The maximum atomic E-state index is 12.7. The molecule has 1 N–H and O–H groups in total. The van der Waals surface area contributed by atoms with Crippen molar-refractivity contribution >= 4 is 5.91 Å². The van der Waals surface area contributed by atoms with Gasteiger partial charge in [-0.2, -0.15) is 0 Å². The number of hydrogen-bond acceptors (Lipinski definition) is 4. The third kappa shape index (κ3) is 4.09. The highest BCUT2D eigenvalue weighted by Gasteiger charge is 2.28. The summed E-state index contributed by atoms with van der Waals surface area (Å²) in [5.41, 5.74) is 1.56. The molecule has 0 bridgehead atoms. The number of likely N-dealkylation sites (tertiary alicyclic amines) is 1. The molecule has 1 aromatic carbocycles. The largest absolute Gasteiger partial charge is 0.493 e. The number of rotatable bonds is 5. The molecule has 0 spiro atoms. The second-order valence-corrected chi connectivity index (χ2v) is 7.24. The van der Waals surface area contributed by atoms with E-state index in [4.69, 9.17) is 9.47 Å². The summed E-state index contributed by atoms with van der Waals surface area (Å²) in [6.45, 7) is 4.13. The topological polar surface area (TPSA) is 50.8 Å². The summed E-state index contributed by atoms with van der Waals surface area (Å²) in [4.78, 5) is 15.3. The van der Waals surface area contributed by atoms with Crippen LogP contribution >= 0.6 is 0 Å². The van der Waals surface area contributed by atoms with Crippen LogP contribution in [0.4, 0.5) is 0 Å². The number of methoxy groups -OCH3 is 2. The molecule has 5 heteroatoms. The van der Waals surface area contributed by atoms with E-state index >= 15 is 0 Å². The molecule has 2 fully saturated rings.